The summed E-state index contributed by atoms with van der Waals surface area (Å²) >= 11 is 0. The summed E-state index contributed by atoms with van der Waals surface area (Å²) in [6.45, 7) is 11.5. The molecule has 1 aromatic carbocycles. The van der Waals surface area contributed by atoms with Crippen LogP contribution in [0.2, 0.25) is 0 Å². The molecule has 2 atom stereocenters. The molecule has 33 heavy (non-hydrogen) atoms. The van der Waals surface area contributed by atoms with Gasteiger partial charge in [0.15, 0.2) is 0 Å². The van der Waals surface area contributed by atoms with Crippen molar-refractivity contribution in [2.45, 2.75) is 39.1 Å². The molecule has 0 radical (unpaired) electrons. The Morgan fingerprint density at radius 3 is 2.21 bits per heavy atom. The molecule has 1 aromatic rings. The van der Waals surface area contributed by atoms with Crippen LogP contribution in [0.5, 0.6) is 0 Å². The normalized spacial score (nSPS) is 11.0. The number of rotatable bonds is 12. The number of carbonyl (C=O) groups is 4. The highest BCUT2D eigenvalue weighted by Gasteiger charge is 2.09. The van der Waals surface area contributed by atoms with E-state index in [0.717, 1.165) is 17.2 Å². The third kappa shape index (κ3) is 20.2. The van der Waals surface area contributed by atoms with Crippen LogP contribution < -0.4 is 10.6 Å². The first kappa shape index (κ1) is 31.7. The molecule has 10 heteroatoms. The summed E-state index contributed by atoms with van der Waals surface area (Å²) in [6.07, 6.45) is 2.20. The Hall–Kier alpha value is -3.50. The number of nitrogens with one attached hydrogen (secondary N) is 2. The Labute approximate surface area is 194 Å². The van der Waals surface area contributed by atoms with E-state index in [1.807, 2.05) is 31.2 Å². The molecule has 0 saturated carbocycles. The molecule has 0 aliphatic carbocycles. The second kappa shape index (κ2) is 21.7. The lowest BCUT2D eigenvalue weighted by atomic mass is 10.1. The summed E-state index contributed by atoms with van der Waals surface area (Å²) in [6, 6.07) is 7.84. The molecule has 0 heterocycles. The number of aldehydes is 1. The molecule has 0 fully saturated rings. The summed E-state index contributed by atoms with van der Waals surface area (Å²) in [5.41, 5.74) is 2.03. The van der Waals surface area contributed by atoms with Crippen molar-refractivity contribution in [2.75, 3.05) is 20.3 Å². The Morgan fingerprint density at radius 1 is 1.12 bits per heavy atom. The molecular formula is C23H34N2O8. The first-order valence-corrected chi connectivity index (χ1v) is 9.95. The van der Waals surface area contributed by atoms with E-state index in [2.05, 4.69) is 23.8 Å². The monoisotopic (exact) mass is 466 g/mol. The number of amides is 1. The zero-order valence-electron chi connectivity index (χ0n) is 19.3. The Morgan fingerprint density at radius 2 is 1.70 bits per heavy atom. The van der Waals surface area contributed by atoms with Gasteiger partial charge in [0.1, 0.15) is 19.0 Å². The number of hydrogen-bond donors (Lipinski definition) is 3. The lowest BCUT2D eigenvalue weighted by Gasteiger charge is -2.15. The SMILES string of the molecule is C=CC(=O)OCC(C)NCc1cccc(CNC(=O)OC(C)COC)c1.C=CC=O.O=CO. The van der Waals surface area contributed by atoms with Gasteiger partial charge in [0.25, 0.3) is 6.47 Å². The van der Waals surface area contributed by atoms with Crippen molar-refractivity contribution in [3.05, 3.63) is 60.7 Å². The number of methoxy groups -OCH3 is 1. The van der Waals surface area contributed by atoms with Gasteiger partial charge in [-0.3, -0.25) is 9.59 Å². The van der Waals surface area contributed by atoms with E-state index in [0.29, 0.717) is 26.0 Å². The molecule has 2 unspecified atom stereocenters. The van der Waals surface area contributed by atoms with E-state index < -0.39 is 12.1 Å². The van der Waals surface area contributed by atoms with Crippen molar-refractivity contribution in [1.82, 2.24) is 10.6 Å². The van der Waals surface area contributed by atoms with Gasteiger partial charge in [-0.1, -0.05) is 37.4 Å². The minimum Gasteiger partial charge on any atom is -0.483 e. The molecule has 3 N–H and O–H groups in total. The number of ether oxygens (including phenoxy) is 3. The molecule has 0 spiro atoms. The van der Waals surface area contributed by atoms with Gasteiger partial charge in [-0.2, -0.15) is 0 Å². The first-order valence-electron chi connectivity index (χ1n) is 9.95. The van der Waals surface area contributed by atoms with Gasteiger partial charge in [0.2, 0.25) is 0 Å². The van der Waals surface area contributed by atoms with E-state index in [9.17, 15) is 9.59 Å². The smallest absolute Gasteiger partial charge is 0.407 e. The maximum atomic E-state index is 11.7. The summed E-state index contributed by atoms with van der Waals surface area (Å²) in [5, 5.41) is 12.9. The Kier molecular flexibility index (Phi) is 20.9. The van der Waals surface area contributed by atoms with Crippen LogP contribution in [0.3, 0.4) is 0 Å². The van der Waals surface area contributed by atoms with Crippen LogP contribution in [0.25, 0.3) is 0 Å². The average Bonchev–Trinajstić information content (AvgIpc) is 2.81. The number of carbonyl (C=O) groups excluding carboxylic acids is 3. The van der Waals surface area contributed by atoms with E-state index in [4.69, 9.17) is 28.9 Å². The van der Waals surface area contributed by atoms with Crippen LogP contribution >= 0.6 is 0 Å². The van der Waals surface area contributed by atoms with E-state index in [1.54, 1.807) is 14.0 Å². The number of allylic oxidation sites excluding steroid dienone is 1. The maximum Gasteiger partial charge on any atom is 0.407 e. The summed E-state index contributed by atoms with van der Waals surface area (Å²) in [5.74, 6) is -0.432. The van der Waals surface area contributed by atoms with Gasteiger partial charge in [-0.25, -0.2) is 9.59 Å². The topological polar surface area (TPSA) is 140 Å². The zero-order valence-corrected chi connectivity index (χ0v) is 19.3. The van der Waals surface area contributed by atoms with Gasteiger partial charge in [0.05, 0.1) is 6.61 Å². The molecule has 0 aliphatic rings. The lowest BCUT2D eigenvalue weighted by molar-refractivity contribution is -0.138. The second-order valence-corrected chi connectivity index (χ2v) is 6.44. The fourth-order valence-electron chi connectivity index (χ4n) is 2.13. The average molecular weight is 467 g/mol. The minimum absolute atomic E-state index is 0.0120. The lowest BCUT2D eigenvalue weighted by Crippen LogP contribution is -2.31. The number of benzene rings is 1. The van der Waals surface area contributed by atoms with Gasteiger partial charge in [0, 0.05) is 32.3 Å². The van der Waals surface area contributed by atoms with Crippen molar-refractivity contribution in [1.29, 1.82) is 0 Å². The third-order valence-corrected chi connectivity index (χ3v) is 3.53. The van der Waals surface area contributed by atoms with Crippen LogP contribution in [0.15, 0.2) is 49.6 Å². The van der Waals surface area contributed by atoms with E-state index in [-0.39, 0.29) is 25.2 Å². The quantitative estimate of drug-likeness (QED) is 0.240. The highest BCUT2D eigenvalue weighted by molar-refractivity contribution is 5.81. The number of carboxylic acid groups (broad SMARTS) is 1. The fraction of sp³-hybridized carbons (Fsp3) is 0.391. The maximum absolute atomic E-state index is 11.7. The molecule has 0 saturated heterocycles. The second-order valence-electron chi connectivity index (χ2n) is 6.44. The Bertz CT molecular complexity index is 718. The predicted molar refractivity (Wildman–Crippen MR) is 124 cm³/mol. The molecule has 184 valence electrons. The zero-order chi connectivity index (χ0) is 25.5. The van der Waals surface area contributed by atoms with Crippen molar-refractivity contribution in [3.8, 4) is 0 Å². The van der Waals surface area contributed by atoms with Crippen LogP contribution in [-0.4, -0.2) is 62.4 Å². The molecule has 0 aliphatic heterocycles. The highest BCUT2D eigenvalue weighted by Crippen LogP contribution is 2.06. The number of esters is 1. The van der Waals surface area contributed by atoms with Crippen LogP contribution in [-0.2, 0) is 41.7 Å². The third-order valence-electron chi connectivity index (χ3n) is 3.53. The van der Waals surface area contributed by atoms with Gasteiger partial charge in [-0.05, 0) is 31.1 Å². The highest BCUT2D eigenvalue weighted by atomic mass is 16.6. The molecule has 10 nitrogen and oxygen atoms in total. The van der Waals surface area contributed by atoms with Crippen molar-refractivity contribution in [3.63, 3.8) is 0 Å². The fourth-order valence-corrected chi connectivity index (χ4v) is 2.13. The number of hydrogen-bond acceptors (Lipinski definition) is 8. The van der Waals surface area contributed by atoms with Crippen molar-refractivity contribution < 1.29 is 38.5 Å². The summed E-state index contributed by atoms with van der Waals surface area (Å²) in [4.78, 5) is 40.2. The molecule has 0 aromatic heterocycles. The van der Waals surface area contributed by atoms with Crippen LogP contribution in [0.4, 0.5) is 4.79 Å². The first-order chi connectivity index (χ1) is 15.8. The molecule has 1 rings (SSSR count). The van der Waals surface area contributed by atoms with Crippen LogP contribution in [0, 0.1) is 0 Å². The number of alkyl carbamates (subject to hydrolysis) is 1. The van der Waals surface area contributed by atoms with Gasteiger partial charge in [-0.15, -0.1) is 0 Å². The van der Waals surface area contributed by atoms with E-state index >= 15 is 0 Å². The molecular weight excluding hydrogens is 432 g/mol. The van der Waals surface area contributed by atoms with Crippen LogP contribution in [0.1, 0.15) is 25.0 Å². The molecule has 1 amide bonds. The summed E-state index contributed by atoms with van der Waals surface area (Å²) < 4.78 is 15.1. The van der Waals surface area contributed by atoms with Crippen molar-refractivity contribution >= 4 is 24.8 Å². The predicted octanol–water partition coefficient (Wildman–Crippen LogP) is 2.23. The standard InChI is InChI=1S/C19H28N2O5.C3H4O.CH2O2/c1-5-18(22)25-12-14(2)20-10-16-7-6-8-17(9-16)11-21-19(23)26-15(3)13-24-4;1-2-3-4;2-1-3/h5-9,14-15,20H,1,10-13H2,2-4H3,(H,21,23);2-3H,1H2;1H,(H,2,3). The minimum atomic E-state index is -0.476. The van der Waals surface area contributed by atoms with Gasteiger partial charge >= 0.3 is 12.1 Å². The Balaban J connectivity index is 0. The molecule has 0 bridgehead atoms. The largest absolute Gasteiger partial charge is 0.483 e. The van der Waals surface area contributed by atoms with Gasteiger partial charge < -0.3 is 30.0 Å². The van der Waals surface area contributed by atoms with E-state index in [1.165, 1.54) is 6.08 Å². The summed E-state index contributed by atoms with van der Waals surface area (Å²) in [7, 11) is 1.56. The van der Waals surface area contributed by atoms with Crippen molar-refractivity contribution in [2.24, 2.45) is 0 Å².